The molecule has 0 bridgehead atoms. The van der Waals surface area contributed by atoms with Crippen LogP contribution in [0.15, 0.2) is 29.5 Å². The van der Waals surface area contributed by atoms with Gasteiger partial charge in [-0.15, -0.1) is 0 Å². The number of carboxylic acid groups (broad SMARTS) is 1. The van der Waals surface area contributed by atoms with Gasteiger partial charge in [0.05, 0.1) is 12.2 Å². The summed E-state index contributed by atoms with van der Waals surface area (Å²) in [5, 5.41) is 11.0. The number of nitrogens with two attached hydrogens (primary N) is 1. The number of hydrogen-bond donors (Lipinski definition) is 1. The fraction of sp³-hybridized carbons (Fsp3) is 0.600. The van der Waals surface area contributed by atoms with Crippen LogP contribution in [0.5, 0.6) is 0 Å². The number of carbonyl (C=O) groups excluding carboxylic acids is 1. The highest BCUT2D eigenvalue weighted by Crippen LogP contribution is 2.20. The van der Waals surface area contributed by atoms with E-state index in [9.17, 15) is 9.90 Å². The Kier molecular flexibility index (Phi) is 6.61. The molecule has 0 aromatic heterocycles. The Labute approximate surface area is 121 Å². The van der Waals surface area contributed by atoms with Gasteiger partial charge in [0.15, 0.2) is 0 Å². The second-order valence-electron chi connectivity index (χ2n) is 5.24. The summed E-state index contributed by atoms with van der Waals surface area (Å²) in [6, 6.07) is 0. The molecule has 0 amide bonds. The molecule has 0 aliphatic carbocycles. The Bertz CT molecular complexity index is 413. The minimum Gasteiger partial charge on any atom is -0.544 e. The van der Waals surface area contributed by atoms with Gasteiger partial charge in [-0.05, 0) is 12.8 Å². The number of quaternary nitrogens is 1. The van der Waals surface area contributed by atoms with Gasteiger partial charge in [0.1, 0.15) is 18.9 Å². The van der Waals surface area contributed by atoms with Crippen molar-refractivity contribution in [3.05, 3.63) is 24.6 Å². The second kappa shape index (κ2) is 7.97. The fourth-order valence-corrected chi connectivity index (χ4v) is 2.31. The molecule has 0 spiro atoms. The third-order valence-corrected chi connectivity index (χ3v) is 3.57. The van der Waals surface area contributed by atoms with Crippen molar-refractivity contribution in [2.45, 2.75) is 52.1 Å². The Morgan fingerprint density at radius 3 is 2.85 bits per heavy atom. The zero-order chi connectivity index (χ0) is 15.0. The van der Waals surface area contributed by atoms with Gasteiger partial charge in [-0.1, -0.05) is 32.3 Å². The van der Waals surface area contributed by atoms with Crippen LogP contribution in [0.4, 0.5) is 0 Å². The van der Waals surface area contributed by atoms with Crippen molar-refractivity contribution >= 4 is 11.8 Å². The van der Waals surface area contributed by atoms with E-state index in [1.165, 1.54) is 19.3 Å². The van der Waals surface area contributed by atoms with Crippen molar-refractivity contribution in [2.24, 2.45) is 10.7 Å². The number of carboxylic acids is 1. The van der Waals surface area contributed by atoms with Gasteiger partial charge in [-0.3, -0.25) is 5.73 Å². The molecule has 1 aliphatic heterocycles. The molecule has 2 atom stereocenters. The lowest BCUT2D eigenvalue weighted by atomic mass is 10.1. The van der Waals surface area contributed by atoms with Crippen LogP contribution >= 0.6 is 0 Å². The SMILES string of the molecule is CCCCCC/C=C/C1=NC=C[N+]1(CC(=O)[O-])C(C)N. The third kappa shape index (κ3) is 4.28. The molecule has 0 saturated heterocycles. The van der Waals surface area contributed by atoms with Crippen molar-refractivity contribution in [2.75, 3.05) is 6.54 Å². The molecule has 0 aromatic rings. The van der Waals surface area contributed by atoms with Crippen LogP contribution in [0.3, 0.4) is 0 Å². The molecule has 1 rings (SSSR count). The molecular formula is C15H25N3O2. The van der Waals surface area contributed by atoms with E-state index in [1.54, 1.807) is 19.3 Å². The van der Waals surface area contributed by atoms with Gasteiger partial charge in [-0.2, -0.15) is 4.99 Å². The number of aliphatic imine (C=N–C) groups is 1. The van der Waals surface area contributed by atoms with E-state index in [0.717, 1.165) is 12.8 Å². The van der Waals surface area contributed by atoms with Gasteiger partial charge in [-0.25, -0.2) is 4.48 Å². The van der Waals surface area contributed by atoms with Crippen LogP contribution in [-0.2, 0) is 4.79 Å². The highest BCUT2D eigenvalue weighted by atomic mass is 16.4. The Balaban J connectivity index is 2.64. The summed E-state index contributed by atoms with van der Waals surface area (Å²) >= 11 is 0. The van der Waals surface area contributed by atoms with Crippen LogP contribution in [0.1, 0.15) is 46.0 Å². The van der Waals surface area contributed by atoms with Crippen molar-refractivity contribution in [3.63, 3.8) is 0 Å². The van der Waals surface area contributed by atoms with Crippen LogP contribution in [-0.4, -0.2) is 29.0 Å². The summed E-state index contributed by atoms with van der Waals surface area (Å²) in [6.07, 6.45) is 12.7. The summed E-state index contributed by atoms with van der Waals surface area (Å²) in [7, 11) is 0. The van der Waals surface area contributed by atoms with E-state index in [4.69, 9.17) is 5.73 Å². The Morgan fingerprint density at radius 2 is 2.25 bits per heavy atom. The number of hydrogen-bond acceptors (Lipinski definition) is 4. The fourth-order valence-electron chi connectivity index (χ4n) is 2.31. The molecule has 2 unspecified atom stereocenters. The third-order valence-electron chi connectivity index (χ3n) is 3.57. The number of rotatable bonds is 9. The zero-order valence-corrected chi connectivity index (χ0v) is 12.4. The minimum absolute atomic E-state index is 0.0216. The number of unbranched alkanes of at least 4 members (excludes halogenated alkanes) is 4. The number of allylic oxidation sites excluding steroid dienone is 1. The molecule has 5 heteroatoms. The van der Waals surface area contributed by atoms with Gasteiger partial charge in [0.2, 0.25) is 5.84 Å². The zero-order valence-electron chi connectivity index (χ0n) is 12.4. The van der Waals surface area contributed by atoms with Crippen LogP contribution < -0.4 is 10.8 Å². The Hall–Kier alpha value is -1.46. The number of amidine groups is 1. The minimum atomic E-state index is -1.13. The lowest BCUT2D eigenvalue weighted by Crippen LogP contribution is -2.60. The maximum Gasteiger partial charge on any atom is 0.233 e. The van der Waals surface area contributed by atoms with Crippen molar-refractivity contribution in [3.8, 4) is 0 Å². The summed E-state index contributed by atoms with van der Waals surface area (Å²) in [6.45, 7) is 3.78. The van der Waals surface area contributed by atoms with E-state index in [1.807, 2.05) is 12.2 Å². The molecular weight excluding hydrogens is 254 g/mol. The number of carbonyl (C=O) groups is 1. The molecule has 0 saturated carbocycles. The first-order valence-corrected chi connectivity index (χ1v) is 7.28. The monoisotopic (exact) mass is 279 g/mol. The van der Waals surface area contributed by atoms with E-state index in [0.29, 0.717) is 5.84 Å². The molecule has 1 heterocycles. The van der Waals surface area contributed by atoms with E-state index in [-0.39, 0.29) is 17.2 Å². The molecule has 0 fully saturated rings. The van der Waals surface area contributed by atoms with Crippen molar-refractivity contribution < 1.29 is 14.4 Å². The molecule has 0 radical (unpaired) electrons. The molecule has 112 valence electrons. The lowest BCUT2D eigenvalue weighted by molar-refractivity contribution is -0.805. The molecule has 20 heavy (non-hydrogen) atoms. The van der Waals surface area contributed by atoms with Crippen molar-refractivity contribution in [1.82, 2.24) is 0 Å². The topological polar surface area (TPSA) is 78.5 Å². The smallest absolute Gasteiger partial charge is 0.233 e. The van der Waals surface area contributed by atoms with Gasteiger partial charge in [0, 0.05) is 13.0 Å². The summed E-state index contributed by atoms with van der Waals surface area (Å²) in [5.74, 6) is -0.461. The lowest BCUT2D eigenvalue weighted by Gasteiger charge is -2.35. The maximum absolute atomic E-state index is 11.0. The Morgan fingerprint density at radius 1 is 1.50 bits per heavy atom. The summed E-state index contributed by atoms with van der Waals surface area (Å²) in [5.41, 5.74) is 5.96. The first kappa shape index (κ1) is 16.6. The predicted octanol–water partition coefficient (Wildman–Crippen LogP) is 1.27. The van der Waals surface area contributed by atoms with E-state index in [2.05, 4.69) is 11.9 Å². The van der Waals surface area contributed by atoms with E-state index < -0.39 is 5.97 Å². The quantitative estimate of drug-likeness (QED) is 0.510. The summed E-state index contributed by atoms with van der Waals surface area (Å²) in [4.78, 5) is 15.2. The molecule has 5 nitrogen and oxygen atoms in total. The van der Waals surface area contributed by atoms with Crippen LogP contribution in [0, 0.1) is 0 Å². The van der Waals surface area contributed by atoms with Crippen molar-refractivity contribution in [1.29, 1.82) is 0 Å². The predicted molar refractivity (Wildman–Crippen MR) is 78.3 cm³/mol. The first-order chi connectivity index (χ1) is 9.53. The number of aliphatic carboxylic acids is 1. The maximum atomic E-state index is 11.0. The highest BCUT2D eigenvalue weighted by molar-refractivity contribution is 5.90. The van der Waals surface area contributed by atoms with Crippen LogP contribution in [0.2, 0.25) is 0 Å². The van der Waals surface area contributed by atoms with E-state index >= 15 is 0 Å². The van der Waals surface area contributed by atoms with Gasteiger partial charge >= 0.3 is 0 Å². The first-order valence-electron chi connectivity index (χ1n) is 7.28. The average molecular weight is 279 g/mol. The molecule has 0 aromatic carbocycles. The number of nitrogens with zero attached hydrogens (tertiary/aromatic N) is 2. The highest BCUT2D eigenvalue weighted by Gasteiger charge is 2.37. The second-order valence-corrected chi connectivity index (χ2v) is 5.24. The molecule has 2 N–H and O–H groups in total. The van der Waals surface area contributed by atoms with Gasteiger partial charge < -0.3 is 9.90 Å². The molecule has 1 aliphatic rings. The van der Waals surface area contributed by atoms with Gasteiger partial charge in [0.25, 0.3) is 0 Å². The summed E-state index contributed by atoms with van der Waals surface area (Å²) < 4.78 is 0.0216. The average Bonchev–Trinajstić information content (AvgIpc) is 2.77. The normalized spacial score (nSPS) is 23.2. The largest absolute Gasteiger partial charge is 0.544 e. The standard InChI is InChI=1S/C15H25N3O2/c1-3-4-5-6-7-8-9-14-17-10-11-18(14,13(2)16)12-15(19)20/h8-11,13H,3-7,12,16H2,1-2H3/b9-8+. The van der Waals surface area contributed by atoms with Crippen LogP contribution in [0.25, 0.3) is 0 Å².